The molecule has 0 unspecified atom stereocenters. The molecule has 0 fully saturated rings. The van der Waals surface area contributed by atoms with Gasteiger partial charge >= 0.3 is 5.97 Å². The average Bonchev–Trinajstić information content (AvgIpc) is 2.58. The number of anilines is 1. The molecule has 0 saturated heterocycles. The minimum absolute atomic E-state index is 0.149. The maximum absolute atomic E-state index is 10.4. The number of nitrogens with zero attached hydrogens (tertiary/aromatic N) is 2. The highest BCUT2D eigenvalue weighted by molar-refractivity contribution is 5.66. The van der Waals surface area contributed by atoms with Crippen LogP contribution in [0.15, 0.2) is 6.20 Å². The van der Waals surface area contributed by atoms with Crippen molar-refractivity contribution in [1.82, 2.24) is 9.55 Å². The van der Waals surface area contributed by atoms with Crippen molar-refractivity contribution in [2.45, 2.75) is 25.8 Å². The maximum Gasteiger partial charge on any atom is 0.303 e. The van der Waals surface area contributed by atoms with Crippen LogP contribution in [0.1, 0.15) is 18.7 Å². The molecule has 2 rings (SSSR count). The van der Waals surface area contributed by atoms with E-state index in [-0.39, 0.29) is 6.42 Å². The molecule has 0 radical (unpaired) electrons. The van der Waals surface area contributed by atoms with Crippen molar-refractivity contribution in [3.8, 4) is 0 Å². The van der Waals surface area contributed by atoms with Crippen molar-refractivity contribution < 1.29 is 9.90 Å². The summed E-state index contributed by atoms with van der Waals surface area (Å²) in [5, 5.41) is 11.8. The summed E-state index contributed by atoms with van der Waals surface area (Å²) in [6, 6.07) is 0. The van der Waals surface area contributed by atoms with E-state index in [1.807, 2.05) is 0 Å². The Morgan fingerprint density at radius 1 is 1.71 bits per heavy atom. The molecule has 1 aromatic heterocycles. The first kappa shape index (κ1) is 9.05. The lowest BCUT2D eigenvalue weighted by Gasteiger charge is -2.17. The fourth-order valence-electron chi connectivity index (χ4n) is 1.68. The number of rotatable bonds is 3. The van der Waals surface area contributed by atoms with Crippen LogP contribution in [0.5, 0.6) is 0 Å². The van der Waals surface area contributed by atoms with E-state index in [0.29, 0.717) is 6.42 Å². The molecule has 0 aromatic carbocycles. The zero-order valence-corrected chi connectivity index (χ0v) is 7.86. The van der Waals surface area contributed by atoms with E-state index in [1.165, 1.54) is 0 Å². The van der Waals surface area contributed by atoms with Crippen LogP contribution in [0.3, 0.4) is 0 Å². The molecule has 1 aliphatic heterocycles. The molecule has 0 bridgehead atoms. The SMILES string of the molecule is O=C(O)CCc1ncc2n1CCCN2. The van der Waals surface area contributed by atoms with Gasteiger partial charge in [0.15, 0.2) is 0 Å². The Balaban J connectivity index is 2.10. The van der Waals surface area contributed by atoms with Gasteiger partial charge in [-0.2, -0.15) is 0 Å². The second-order valence-electron chi connectivity index (χ2n) is 3.39. The summed E-state index contributed by atoms with van der Waals surface area (Å²) in [7, 11) is 0. The number of imidazole rings is 1. The first-order valence-electron chi connectivity index (χ1n) is 4.77. The summed E-state index contributed by atoms with van der Waals surface area (Å²) in [6.45, 7) is 1.92. The molecule has 76 valence electrons. The van der Waals surface area contributed by atoms with Crippen molar-refractivity contribution in [2.75, 3.05) is 11.9 Å². The highest BCUT2D eigenvalue weighted by Gasteiger charge is 2.13. The number of carboxylic acid groups (broad SMARTS) is 1. The fourth-order valence-corrected chi connectivity index (χ4v) is 1.68. The topological polar surface area (TPSA) is 67.1 Å². The number of fused-ring (bicyclic) bond motifs is 1. The summed E-state index contributed by atoms with van der Waals surface area (Å²) in [5.74, 6) is 1.11. The van der Waals surface area contributed by atoms with Crippen molar-refractivity contribution in [1.29, 1.82) is 0 Å². The molecule has 0 saturated carbocycles. The van der Waals surface area contributed by atoms with Crippen LogP contribution < -0.4 is 5.32 Å². The number of carboxylic acids is 1. The zero-order valence-electron chi connectivity index (χ0n) is 7.86. The Labute approximate surface area is 81.8 Å². The molecule has 1 aliphatic rings. The fraction of sp³-hybridized carbons (Fsp3) is 0.556. The van der Waals surface area contributed by atoms with Gasteiger partial charge in [-0.05, 0) is 6.42 Å². The lowest BCUT2D eigenvalue weighted by molar-refractivity contribution is -0.137. The van der Waals surface area contributed by atoms with Gasteiger partial charge in [0.1, 0.15) is 11.6 Å². The quantitative estimate of drug-likeness (QED) is 0.745. The third-order valence-corrected chi connectivity index (χ3v) is 2.37. The van der Waals surface area contributed by atoms with Crippen LogP contribution in [0.25, 0.3) is 0 Å². The van der Waals surface area contributed by atoms with Crippen molar-refractivity contribution in [2.24, 2.45) is 0 Å². The Hall–Kier alpha value is -1.52. The lowest BCUT2D eigenvalue weighted by atomic mass is 10.3. The monoisotopic (exact) mass is 195 g/mol. The summed E-state index contributed by atoms with van der Waals surface area (Å²) < 4.78 is 2.06. The number of nitrogens with one attached hydrogen (secondary N) is 1. The molecule has 5 heteroatoms. The molecule has 0 spiro atoms. The highest BCUT2D eigenvalue weighted by Crippen LogP contribution is 2.17. The molecule has 1 aromatic rings. The van der Waals surface area contributed by atoms with Gasteiger partial charge in [0.2, 0.25) is 0 Å². The largest absolute Gasteiger partial charge is 0.481 e. The van der Waals surface area contributed by atoms with Crippen molar-refractivity contribution in [3.05, 3.63) is 12.0 Å². The zero-order chi connectivity index (χ0) is 9.97. The maximum atomic E-state index is 10.4. The van der Waals surface area contributed by atoms with E-state index in [2.05, 4.69) is 14.9 Å². The second-order valence-corrected chi connectivity index (χ2v) is 3.39. The number of aliphatic carboxylic acids is 1. The van der Waals surface area contributed by atoms with Crippen molar-refractivity contribution >= 4 is 11.8 Å². The summed E-state index contributed by atoms with van der Waals surface area (Å²) in [5.41, 5.74) is 0. The smallest absolute Gasteiger partial charge is 0.303 e. The third kappa shape index (κ3) is 1.71. The Morgan fingerprint density at radius 3 is 3.36 bits per heavy atom. The first-order valence-corrected chi connectivity index (χ1v) is 4.77. The molecular weight excluding hydrogens is 182 g/mol. The van der Waals surface area contributed by atoms with Crippen LogP contribution in [0.4, 0.5) is 5.82 Å². The standard InChI is InChI=1S/C9H13N3O2/c13-9(14)3-2-7-11-6-8-10-4-1-5-12(7)8/h6,10H,1-5H2,(H,13,14). The normalized spacial score (nSPS) is 14.6. The number of carbonyl (C=O) groups is 1. The number of hydrogen-bond acceptors (Lipinski definition) is 3. The van der Waals surface area contributed by atoms with E-state index >= 15 is 0 Å². The van der Waals surface area contributed by atoms with E-state index in [0.717, 1.165) is 31.2 Å². The van der Waals surface area contributed by atoms with Gasteiger partial charge in [0.25, 0.3) is 0 Å². The van der Waals surface area contributed by atoms with Gasteiger partial charge < -0.3 is 15.0 Å². The van der Waals surface area contributed by atoms with Crippen LogP contribution >= 0.6 is 0 Å². The second kappa shape index (κ2) is 3.69. The number of aryl methyl sites for hydroxylation is 1. The van der Waals surface area contributed by atoms with Crippen LogP contribution in [-0.2, 0) is 17.8 Å². The van der Waals surface area contributed by atoms with E-state index in [1.54, 1.807) is 6.20 Å². The van der Waals surface area contributed by atoms with E-state index in [9.17, 15) is 4.79 Å². The average molecular weight is 195 g/mol. The van der Waals surface area contributed by atoms with Crippen molar-refractivity contribution in [3.63, 3.8) is 0 Å². The van der Waals surface area contributed by atoms with Gasteiger partial charge in [0, 0.05) is 19.5 Å². The summed E-state index contributed by atoms with van der Waals surface area (Å²) >= 11 is 0. The molecular formula is C9H13N3O2. The van der Waals surface area contributed by atoms with Crippen LogP contribution in [0.2, 0.25) is 0 Å². The molecule has 2 N–H and O–H groups in total. The minimum atomic E-state index is -0.772. The van der Waals surface area contributed by atoms with Gasteiger partial charge in [-0.3, -0.25) is 4.79 Å². The molecule has 0 aliphatic carbocycles. The predicted molar refractivity (Wildman–Crippen MR) is 51.3 cm³/mol. The number of hydrogen-bond donors (Lipinski definition) is 2. The van der Waals surface area contributed by atoms with Crippen LogP contribution in [-0.4, -0.2) is 27.2 Å². The molecule has 14 heavy (non-hydrogen) atoms. The number of aromatic nitrogens is 2. The van der Waals surface area contributed by atoms with Crippen LogP contribution in [0, 0.1) is 0 Å². The predicted octanol–water partition coefficient (Wildman–Crippen LogP) is 0.716. The third-order valence-electron chi connectivity index (χ3n) is 2.37. The highest BCUT2D eigenvalue weighted by atomic mass is 16.4. The summed E-state index contributed by atoms with van der Waals surface area (Å²) in [4.78, 5) is 14.6. The molecule has 0 atom stereocenters. The van der Waals surface area contributed by atoms with Gasteiger partial charge in [0.05, 0.1) is 12.6 Å². The Bertz CT molecular complexity index is 346. The molecule has 2 heterocycles. The van der Waals surface area contributed by atoms with E-state index < -0.39 is 5.97 Å². The van der Waals surface area contributed by atoms with E-state index in [4.69, 9.17) is 5.11 Å². The Morgan fingerprint density at radius 2 is 2.57 bits per heavy atom. The van der Waals surface area contributed by atoms with Gasteiger partial charge in [-0.25, -0.2) is 4.98 Å². The first-order chi connectivity index (χ1) is 6.77. The summed E-state index contributed by atoms with van der Waals surface area (Å²) in [6.07, 6.45) is 3.51. The lowest BCUT2D eigenvalue weighted by Crippen LogP contribution is -2.18. The minimum Gasteiger partial charge on any atom is -0.481 e. The van der Waals surface area contributed by atoms with Gasteiger partial charge in [-0.15, -0.1) is 0 Å². The van der Waals surface area contributed by atoms with Gasteiger partial charge in [-0.1, -0.05) is 0 Å². The molecule has 0 amide bonds. The molecule has 5 nitrogen and oxygen atoms in total. The Kier molecular flexibility index (Phi) is 2.39.